The van der Waals surface area contributed by atoms with Gasteiger partial charge in [-0.15, -0.1) is 0 Å². The van der Waals surface area contributed by atoms with Gasteiger partial charge in [-0.1, -0.05) is 27.2 Å². The Morgan fingerprint density at radius 3 is 2.67 bits per heavy atom. The Morgan fingerprint density at radius 2 is 2.06 bits per heavy atom. The summed E-state index contributed by atoms with van der Waals surface area (Å²) in [5, 5.41) is 3.79. The maximum absolute atomic E-state index is 5.50. The van der Waals surface area contributed by atoms with Crippen LogP contribution in [0.5, 0.6) is 0 Å². The van der Waals surface area contributed by atoms with Crippen molar-refractivity contribution in [2.24, 2.45) is 17.8 Å². The zero-order chi connectivity index (χ0) is 13.1. The first-order valence-electron chi connectivity index (χ1n) is 7.37. The molecule has 1 aliphatic rings. The Morgan fingerprint density at radius 1 is 1.28 bits per heavy atom. The van der Waals surface area contributed by atoms with E-state index in [0.29, 0.717) is 12.1 Å². The molecule has 3 unspecified atom stereocenters. The van der Waals surface area contributed by atoms with Gasteiger partial charge < -0.3 is 9.73 Å². The third-order valence-electron chi connectivity index (χ3n) is 4.46. The Balaban J connectivity index is 2.00. The molecule has 2 rings (SSSR count). The minimum Gasteiger partial charge on any atom is -0.468 e. The molecule has 1 N–H and O–H groups in total. The van der Waals surface area contributed by atoms with E-state index in [1.54, 1.807) is 6.26 Å². The van der Waals surface area contributed by atoms with Crippen molar-refractivity contribution in [3.63, 3.8) is 0 Å². The fourth-order valence-electron chi connectivity index (χ4n) is 3.33. The highest BCUT2D eigenvalue weighted by molar-refractivity contribution is 5.04. The van der Waals surface area contributed by atoms with Gasteiger partial charge >= 0.3 is 0 Å². The summed E-state index contributed by atoms with van der Waals surface area (Å²) < 4.78 is 5.50. The average Bonchev–Trinajstić information content (AvgIpc) is 2.81. The lowest BCUT2D eigenvalue weighted by molar-refractivity contribution is 0.157. The molecule has 0 amide bonds. The summed E-state index contributed by atoms with van der Waals surface area (Å²) in [6.07, 6.45) is 5.81. The van der Waals surface area contributed by atoms with E-state index < -0.39 is 0 Å². The molecule has 102 valence electrons. The van der Waals surface area contributed by atoms with E-state index in [0.717, 1.165) is 23.5 Å². The van der Waals surface area contributed by atoms with Gasteiger partial charge in [-0.2, -0.15) is 0 Å². The molecule has 1 heterocycles. The van der Waals surface area contributed by atoms with Crippen LogP contribution in [0.15, 0.2) is 22.8 Å². The fraction of sp³-hybridized carbons (Fsp3) is 0.750. The van der Waals surface area contributed by atoms with Crippen LogP contribution in [0.3, 0.4) is 0 Å². The Labute approximate surface area is 111 Å². The van der Waals surface area contributed by atoms with E-state index in [9.17, 15) is 0 Å². The molecule has 1 fully saturated rings. The number of furan rings is 1. The number of hydrogen-bond acceptors (Lipinski definition) is 2. The molecule has 0 spiro atoms. The highest BCUT2D eigenvalue weighted by Crippen LogP contribution is 2.34. The first-order chi connectivity index (χ1) is 8.58. The standard InChI is InChI=1S/C16H27NO/c1-11(2)14-8-7-12(3)10-15(14)17-13(4)16-6-5-9-18-16/h5-6,9,11-15,17H,7-8,10H2,1-4H3/t12?,13-,14?,15?/m0/s1. The van der Waals surface area contributed by atoms with Gasteiger partial charge in [0.25, 0.3) is 0 Å². The van der Waals surface area contributed by atoms with Crippen molar-refractivity contribution in [1.82, 2.24) is 5.32 Å². The van der Waals surface area contributed by atoms with Crippen molar-refractivity contribution in [3.05, 3.63) is 24.2 Å². The number of hydrogen-bond donors (Lipinski definition) is 1. The van der Waals surface area contributed by atoms with Crippen LogP contribution in [-0.2, 0) is 0 Å². The summed E-state index contributed by atoms with van der Waals surface area (Å²) in [6.45, 7) is 9.29. The largest absolute Gasteiger partial charge is 0.468 e. The lowest BCUT2D eigenvalue weighted by atomic mass is 9.74. The zero-order valence-electron chi connectivity index (χ0n) is 12.1. The predicted molar refractivity (Wildman–Crippen MR) is 75.4 cm³/mol. The maximum atomic E-state index is 5.50. The van der Waals surface area contributed by atoms with Gasteiger partial charge in [0, 0.05) is 6.04 Å². The van der Waals surface area contributed by atoms with Crippen LogP contribution < -0.4 is 5.32 Å². The van der Waals surface area contributed by atoms with Crippen molar-refractivity contribution in [2.45, 2.75) is 59.0 Å². The minimum absolute atomic E-state index is 0.316. The highest BCUT2D eigenvalue weighted by atomic mass is 16.3. The van der Waals surface area contributed by atoms with Crippen molar-refractivity contribution < 1.29 is 4.42 Å². The van der Waals surface area contributed by atoms with Gasteiger partial charge in [-0.3, -0.25) is 0 Å². The van der Waals surface area contributed by atoms with Crippen LogP contribution in [0.2, 0.25) is 0 Å². The molecule has 2 heteroatoms. The SMILES string of the molecule is CC1CCC(C(C)C)C(N[C@@H](C)c2ccco2)C1. The third kappa shape index (κ3) is 3.17. The lowest BCUT2D eigenvalue weighted by Gasteiger charge is -2.39. The summed E-state index contributed by atoms with van der Waals surface area (Å²) in [7, 11) is 0. The fourth-order valence-corrected chi connectivity index (χ4v) is 3.33. The first kappa shape index (κ1) is 13.7. The van der Waals surface area contributed by atoms with E-state index in [-0.39, 0.29) is 0 Å². The molecule has 1 aliphatic carbocycles. The summed E-state index contributed by atoms with van der Waals surface area (Å²) >= 11 is 0. The Bertz CT molecular complexity index is 344. The maximum Gasteiger partial charge on any atom is 0.120 e. The predicted octanol–water partition coefficient (Wildman–Crippen LogP) is 4.39. The van der Waals surface area contributed by atoms with Crippen molar-refractivity contribution in [3.8, 4) is 0 Å². The lowest BCUT2D eigenvalue weighted by Crippen LogP contribution is -2.43. The second-order valence-corrected chi connectivity index (χ2v) is 6.34. The minimum atomic E-state index is 0.316. The topological polar surface area (TPSA) is 25.2 Å². The molecule has 1 saturated carbocycles. The van der Waals surface area contributed by atoms with Gasteiger partial charge in [0.15, 0.2) is 0 Å². The van der Waals surface area contributed by atoms with Crippen LogP contribution in [0.25, 0.3) is 0 Å². The number of nitrogens with one attached hydrogen (secondary N) is 1. The van der Waals surface area contributed by atoms with E-state index in [4.69, 9.17) is 4.42 Å². The van der Waals surface area contributed by atoms with Gasteiger partial charge in [0.2, 0.25) is 0 Å². The molecule has 0 aromatic carbocycles. The van der Waals surface area contributed by atoms with Gasteiger partial charge in [-0.25, -0.2) is 0 Å². The van der Waals surface area contributed by atoms with Crippen molar-refractivity contribution >= 4 is 0 Å². The summed E-state index contributed by atoms with van der Waals surface area (Å²) in [6, 6.07) is 4.98. The van der Waals surface area contributed by atoms with E-state index in [1.807, 2.05) is 6.07 Å². The van der Waals surface area contributed by atoms with E-state index >= 15 is 0 Å². The zero-order valence-corrected chi connectivity index (χ0v) is 12.1. The molecule has 4 atom stereocenters. The van der Waals surface area contributed by atoms with Crippen LogP contribution in [0, 0.1) is 17.8 Å². The second-order valence-electron chi connectivity index (χ2n) is 6.34. The smallest absolute Gasteiger partial charge is 0.120 e. The highest BCUT2D eigenvalue weighted by Gasteiger charge is 2.31. The molecule has 0 radical (unpaired) electrons. The summed E-state index contributed by atoms with van der Waals surface area (Å²) in [5.41, 5.74) is 0. The Kier molecular flexibility index (Phi) is 4.50. The summed E-state index contributed by atoms with van der Waals surface area (Å²) in [4.78, 5) is 0. The number of rotatable bonds is 4. The molecule has 18 heavy (non-hydrogen) atoms. The van der Waals surface area contributed by atoms with Crippen LogP contribution >= 0.6 is 0 Å². The van der Waals surface area contributed by atoms with Crippen molar-refractivity contribution in [2.75, 3.05) is 0 Å². The molecule has 1 aromatic rings. The molecule has 0 aliphatic heterocycles. The normalized spacial score (nSPS) is 30.6. The monoisotopic (exact) mass is 249 g/mol. The molecule has 1 aromatic heterocycles. The van der Waals surface area contributed by atoms with Gasteiger partial charge in [0.1, 0.15) is 5.76 Å². The summed E-state index contributed by atoms with van der Waals surface area (Å²) in [5.74, 6) is 3.47. The molecular weight excluding hydrogens is 222 g/mol. The molecular formula is C16H27NO. The van der Waals surface area contributed by atoms with Gasteiger partial charge in [0.05, 0.1) is 12.3 Å². The average molecular weight is 249 g/mol. The quantitative estimate of drug-likeness (QED) is 0.856. The molecule has 0 saturated heterocycles. The van der Waals surface area contributed by atoms with Crippen molar-refractivity contribution in [1.29, 1.82) is 0 Å². The van der Waals surface area contributed by atoms with Crippen LogP contribution in [-0.4, -0.2) is 6.04 Å². The first-order valence-corrected chi connectivity index (χ1v) is 7.37. The van der Waals surface area contributed by atoms with Crippen LogP contribution in [0.4, 0.5) is 0 Å². The third-order valence-corrected chi connectivity index (χ3v) is 4.46. The van der Waals surface area contributed by atoms with Crippen LogP contribution in [0.1, 0.15) is 58.8 Å². The second kappa shape index (κ2) is 5.92. The van der Waals surface area contributed by atoms with E-state index in [2.05, 4.69) is 39.1 Å². The Hall–Kier alpha value is -0.760. The van der Waals surface area contributed by atoms with Gasteiger partial charge in [-0.05, 0) is 49.7 Å². The molecule has 0 bridgehead atoms. The molecule has 2 nitrogen and oxygen atoms in total. The van der Waals surface area contributed by atoms with E-state index in [1.165, 1.54) is 19.3 Å².